The summed E-state index contributed by atoms with van der Waals surface area (Å²) in [6.45, 7) is 7.43. The lowest BCUT2D eigenvalue weighted by molar-refractivity contribution is -0.153. The van der Waals surface area contributed by atoms with Crippen LogP contribution in [0.2, 0.25) is 0 Å². The van der Waals surface area contributed by atoms with Gasteiger partial charge in [0.05, 0.1) is 0 Å². The first kappa shape index (κ1) is 18.3. The topological polar surface area (TPSA) is 56.3 Å². The predicted molar refractivity (Wildman–Crippen MR) is 101 cm³/mol. The van der Waals surface area contributed by atoms with E-state index in [1.54, 1.807) is 26.8 Å². The minimum Gasteiger partial charge on any atom is -0.460 e. The average molecular weight is 351 g/mol. The van der Waals surface area contributed by atoms with E-state index in [0.29, 0.717) is 11.5 Å². The molecule has 1 fully saturated rings. The Bertz CT molecular complexity index is 845. The molecule has 0 spiro atoms. The Kier molecular flexibility index (Phi) is 4.94. The van der Waals surface area contributed by atoms with Crippen molar-refractivity contribution in [2.45, 2.75) is 58.5 Å². The third-order valence-corrected chi connectivity index (χ3v) is 4.35. The molecule has 26 heavy (non-hydrogen) atoms. The summed E-state index contributed by atoms with van der Waals surface area (Å²) in [4.78, 5) is 28.9. The molecule has 4 heteroatoms. The van der Waals surface area contributed by atoms with Crippen LogP contribution in [0.5, 0.6) is 0 Å². The zero-order chi connectivity index (χ0) is 18.9. The van der Waals surface area contributed by atoms with Crippen molar-refractivity contribution in [3.63, 3.8) is 0 Å². The van der Waals surface area contributed by atoms with E-state index in [4.69, 9.17) is 4.74 Å². The van der Waals surface area contributed by atoms with Gasteiger partial charge in [-0.25, -0.2) is 0 Å². The molecule has 2 aromatic rings. The number of ether oxygens (including phenoxy) is 1. The van der Waals surface area contributed by atoms with E-state index in [0.717, 1.165) is 22.4 Å². The quantitative estimate of drug-likeness (QED) is 0.439. The Morgan fingerprint density at radius 3 is 2.54 bits per heavy atom. The number of rotatable bonds is 5. The smallest absolute Gasteiger partial charge is 0.314 e. The van der Waals surface area contributed by atoms with Crippen molar-refractivity contribution in [2.75, 3.05) is 0 Å². The van der Waals surface area contributed by atoms with Crippen LogP contribution in [0.15, 0.2) is 36.5 Å². The second kappa shape index (κ2) is 7.02. The first-order chi connectivity index (χ1) is 12.2. The highest BCUT2D eigenvalue weighted by atomic mass is 16.6. The van der Waals surface area contributed by atoms with Gasteiger partial charge >= 0.3 is 5.97 Å². The third-order valence-electron chi connectivity index (χ3n) is 4.35. The number of ketones is 1. The minimum absolute atomic E-state index is 0.235. The number of carbonyl (C=O) groups is 2. The number of benzene rings is 1. The van der Waals surface area contributed by atoms with Crippen LogP contribution in [0, 0.1) is 6.92 Å². The average Bonchev–Trinajstić information content (AvgIpc) is 3.38. The normalized spacial score (nSPS) is 14.2. The van der Waals surface area contributed by atoms with Gasteiger partial charge in [0.25, 0.3) is 0 Å². The number of hydrogen-bond acceptors (Lipinski definition) is 4. The Labute approximate surface area is 154 Å². The van der Waals surface area contributed by atoms with Crippen molar-refractivity contribution in [2.24, 2.45) is 0 Å². The lowest BCUT2D eigenvalue weighted by Gasteiger charge is -2.19. The molecule has 0 N–H and O–H groups in total. The molecule has 136 valence electrons. The van der Waals surface area contributed by atoms with Gasteiger partial charge in [0.2, 0.25) is 0 Å². The summed E-state index contributed by atoms with van der Waals surface area (Å²) in [6, 6.07) is 9.50. The molecule has 3 rings (SSSR count). The number of nitrogens with zero attached hydrogens (tertiary/aromatic N) is 1. The van der Waals surface area contributed by atoms with Crippen molar-refractivity contribution in [3.05, 3.63) is 53.3 Å². The van der Waals surface area contributed by atoms with E-state index in [-0.39, 0.29) is 12.2 Å². The molecule has 0 bridgehead atoms. The molecular weight excluding hydrogens is 326 g/mol. The van der Waals surface area contributed by atoms with Gasteiger partial charge in [-0.2, -0.15) is 0 Å². The Hall–Kier alpha value is -2.49. The number of pyridine rings is 1. The van der Waals surface area contributed by atoms with Gasteiger partial charge in [-0.3, -0.25) is 14.6 Å². The fraction of sp³-hybridized carbons (Fsp3) is 0.409. The number of Topliss-reactive ketones (excluding diaryl/α,β-unsaturated/α-hetero) is 1. The molecule has 0 aliphatic heterocycles. The largest absolute Gasteiger partial charge is 0.460 e. The van der Waals surface area contributed by atoms with E-state index >= 15 is 0 Å². The van der Waals surface area contributed by atoms with Gasteiger partial charge < -0.3 is 4.74 Å². The highest BCUT2D eigenvalue weighted by Gasteiger charge is 2.25. The summed E-state index contributed by atoms with van der Waals surface area (Å²) in [7, 11) is 0. The molecule has 0 unspecified atom stereocenters. The predicted octanol–water partition coefficient (Wildman–Crippen LogP) is 4.85. The first-order valence-corrected chi connectivity index (χ1v) is 9.05. The fourth-order valence-electron chi connectivity index (χ4n) is 2.95. The van der Waals surface area contributed by atoms with Crippen LogP contribution in [0.1, 0.15) is 67.6 Å². The van der Waals surface area contributed by atoms with Crippen molar-refractivity contribution in [1.29, 1.82) is 0 Å². The Balaban J connectivity index is 1.77. The molecule has 0 radical (unpaired) electrons. The summed E-state index contributed by atoms with van der Waals surface area (Å²) >= 11 is 0. The van der Waals surface area contributed by atoms with Gasteiger partial charge in [0.15, 0.2) is 5.78 Å². The monoisotopic (exact) mass is 351 g/mol. The molecule has 0 amide bonds. The summed E-state index contributed by atoms with van der Waals surface area (Å²) in [5.41, 5.74) is 4.18. The lowest BCUT2D eigenvalue weighted by Crippen LogP contribution is -2.25. The number of hydrogen-bond donors (Lipinski definition) is 0. The highest BCUT2D eigenvalue weighted by Crippen LogP contribution is 2.40. The van der Waals surface area contributed by atoms with Crippen LogP contribution in [-0.4, -0.2) is 22.3 Å². The zero-order valence-corrected chi connectivity index (χ0v) is 15.8. The molecule has 1 aliphatic carbocycles. The van der Waals surface area contributed by atoms with E-state index in [1.807, 2.05) is 24.4 Å². The van der Waals surface area contributed by atoms with Crippen molar-refractivity contribution >= 4 is 11.8 Å². The van der Waals surface area contributed by atoms with Crippen LogP contribution in [0.25, 0.3) is 11.1 Å². The molecule has 1 aliphatic rings. The summed E-state index contributed by atoms with van der Waals surface area (Å²) < 4.78 is 5.24. The molecule has 1 aromatic carbocycles. The highest BCUT2D eigenvalue weighted by molar-refractivity contribution is 6.06. The standard InChI is InChI=1S/C22H25NO3/c1-14-10-19(15-8-9-15)23-13-18(14)16-6-5-7-17(11-16)20(24)12-21(25)26-22(2,3)4/h5-7,10-11,13,15H,8-9,12H2,1-4H3. The lowest BCUT2D eigenvalue weighted by atomic mass is 9.98. The van der Waals surface area contributed by atoms with E-state index in [1.165, 1.54) is 12.8 Å². The summed E-state index contributed by atoms with van der Waals surface area (Å²) in [5.74, 6) is -0.120. The first-order valence-electron chi connectivity index (χ1n) is 9.05. The van der Waals surface area contributed by atoms with Gasteiger partial charge in [0, 0.05) is 28.9 Å². The third kappa shape index (κ3) is 4.57. The molecule has 0 atom stereocenters. The maximum absolute atomic E-state index is 12.4. The fourth-order valence-corrected chi connectivity index (χ4v) is 2.95. The second-order valence-corrected chi connectivity index (χ2v) is 7.97. The number of esters is 1. The van der Waals surface area contributed by atoms with E-state index in [2.05, 4.69) is 18.0 Å². The van der Waals surface area contributed by atoms with Crippen LogP contribution < -0.4 is 0 Å². The molecule has 1 heterocycles. The van der Waals surface area contributed by atoms with Crippen LogP contribution in [0.4, 0.5) is 0 Å². The molecule has 4 nitrogen and oxygen atoms in total. The summed E-state index contributed by atoms with van der Waals surface area (Å²) in [6.07, 6.45) is 4.08. The van der Waals surface area contributed by atoms with Crippen LogP contribution in [0.3, 0.4) is 0 Å². The summed E-state index contributed by atoms with van der Waals surface area (Å²) in [5, 5.41) is 0. The number of aryl methyl sites for hydroxylation is 1. The molecule has 0 saturated heterocycles. The molecule has 1 saturated carbocycles. The maximum atomic E-state index is 12.4. The maximum Gasteiger partial charge on any atom is 0.314 e. The Morgan fingerprint density at radius 2 is 1.92 bits per heavy atom. The van der Waals surface area contributed by atoms with Gasteiger partial charge in [-0.15, -0.1) is 0 Å². The number of carbonyl (C=O) groups excluding carboxylic acids is 2. The number of aromatic nitrogens is 1. The van der Waals surface area contributed by atoms with Crippen LogP contribution >= 0.6 is 0 Å². The van der Waals surface area contributed by atoms with Crippen molar-refractivity contribution in [1.82, 2.24) is 4.98 Å². The second-order valence-electron chi connectivity index (χ2n) is 7.97. The van der Waals surface area contributed by atoms with Crippen LogP contribution in [-0.2, 0) is 9.53 Å². The van der Waals surface area contributed by atoms with E-state index < -0.39 is 11.6 Å². The van der Waals surface area contributed by atoms with Gasteiger partial charge in [-0.1, -0.05) is 18.2 Å². The SMILES string of the molecule is Cc1cc(C2CC2)ncc1-c1cccc(C(=O)CC(=O)OC(C)(C)C)c1. The van der Waals surface area contributed by atoms with Gasteiger partial charge in [0.1, 0.15) is 12.0 Å². The van der Waals surface area contributed by atoms with Gasteiger partial charge in [-0.05, 0) is 63.8 Å². The zero-order valence-electron chi connectivity index (χ0n) is 15.8. The van der Waals surface area contributed by atoms with E-state index in [9.17, 15) is 9.59 Å². The Morgan fingerprint density at radius 1 is 1.19 bits per heavy atom. The molecule has 1 aromatic heterocycles. The van der Waals surface area contributed by atoms with Crippen molar-refractivity contribution < 1.29 is 14.3 Å². The van der Waals surface area contributed by atoms with Crippen molar-refractivity contribution in [3.8, 4) is 11.1 Å². The molecular formula is C22H25NO3. The minimum atomic E-state index is -0.592.